The van der Waals surface area contributed by atoms with Crippen molar-refractivity contribution in [2.75, 3.05) is 32.0 Å². The van der Waals surface area contributed by atoms with Crippen LogP contribution in [0.2, 0.25) is 0 Å². The lowest BCUT2D eigenvalue weighted by atomic mass is 9.95. The van der Waals surface area contributed by atoms with Crippen LogP contribution in [0.4, 0.5) is 11.4 Å². The van der Waals surface area contributed by atoms with Crippen molar-refractivity contribution < 1.29 is 23.8 Å². The van der Waals surface area contributed by atoms with Crippen LogP contribution in [0.15, 0.2) is 77.6 Å². The first kappa shape index (κ1) is 34.0. The van der Waals surface area contributed by atoms with Crippen molar-refractivity contribution in [2.45, 2.75) is 51.6 Å². The molecule has 2 atom stereocenters. The Morgan fingerprint density at radius 3 is 2.44 bits per heavy atom. The molecule has 0 saturated carbocycles. The average Bonchev–Trinajstić information content (AvgIpc) is 3.38. The monoisotopic (exact) mass is 675 g/mol. The lowest BCUT2D eigenvalue weighted by molar-refractivity contribution is -0.119. The van der Waals surface area contributed by atoms with Gasteiger partial charge in [0.05, 0.1) is 44.1 Å². The summed E-state index contributed by atoms with van der Waals surface area (Å²) in [5.74, 6) is 1.75. The minimum absolute atomic E-state index is 0.214. The van der Waals surface area contributed by atoms with Crippen LogP contribution >= 0.6 is 0 Å². The first-order valence-corrected chi connectivity index (χ1v) is 16.6. The first-order valence-electron chi connectivity index (χ1n) is 16.6. The van der Waals surface area contributed by atoms with E-state index in [0.29, 0.717) is 46.9 Å². The van der Waals surface area contributed by atoms with E-state index in [1.54, 1.807) is 27.2 Å². The van der Waals surface area contributed by atoms with Crippen LogP contribution < -0.4 is 35.6 Å². The van der Waals surface area contributed by atoms with Gasteiger partial charge >= 0.3 is 0 Å². The zero-order chi connectivity index (χ0) is 35.4. The number of aromatic nitrogens is 2. The number of ether oxygens (including phenoxy) is 3. The Labute approximate surface area is 290 Å². The number of anilines is 2. The molecule has 0 radical (unpaired) electrons. The van der Waals surface area contributed by atoms with E-state index in [1.807, 2.05) is 48.5 Å². The fourth-order valence-electron chi connectivity index (χ4n) is 6.54. The molecule has 1 aromatic heterocycles. The summed E-state index contributed by atoms with van der Waals surface area (Å²) in [6, 6.07) is 21.5. The van der Waals surface area contributed by atoms with Crippen LogP contribution in [0.25, 0.3) is 22.2 Å². The third-order valence-corrected chi connectivity index (χ3v) is 8.97. The van der Waals surface area contributed by atoms with Crippen LogP contribution in [-0.2, 0) is 28.9 Å². The molecule has 4 N–H and O–H groups in total. The maximum atomic E-state index is 13.7. The summed E-state index contributed by atoms with van der Waals surface area (Å²) in [6.07, 6.45) is 2.76. The molecule has 11 heteroatoms. The van der Waals surface area contributed by atoms with Crippen molar-refractivity contribution in [1.82, 2.24) is 15.3 Å². The third-order valence-electron chi connectivity index (χ3n) is 8.97. The largest absolute Gasteiger partial charge is 0.493 e. The molecule has 4 aromatic carbocycles. The summed E-state index contributed by atoms with van der Waals surface area (Å²) in [5.41, 5.74) is 6.40. The number of rotatable bonds is 11. The van der Waals surface area contributed by atoms with E-state index in [-0.39, 0.29) is 22.9 Å². The maximum absolute atomic E-state index is 13.7. The zero-order valence-corrected chi connectivity index (χ0v) is 28.8. The summed E-state index contributed by atoms with van der Waals surface area (Å²) in [6.45, 7) is 3.15. The summed E-state index contributed by atoms with van der Waals surface area (Å²) < 4.78 is 17.1. The molecule has 1 heterocycles. The maximum Gasteiger partial charge on any atom is 0.246 e. The van der Waals surface area contributed by atoms with Crippen LogP contribution in [0, 0.1) is 0 Å². The third kappa shape index (κ3) is 7.12. The standard InChI is InChI=1S/C39H41N5O6/c1-22(39(47)42-26-13-16-30-32(20-26)44-35(43-30)18-11-24-9-7-6-8-10-24)40-31-17-14-27-28(21-33(31)46)29(41-23(2)45)15-12-25-19-34(48-3)37(49-4)38(50-5)36(25)27/h6-10,13-14,16-17,19-22,29H,11-12,15,18H2,1-5H3,(H,40,46)(H,41,45)(H,42,47)(H,43,44)/t22-,29+/m1/s1. The number of amides is 2. The number of hydrogen-bond donors (Lipinski definition) is 4. The summed E-state index contributed by atoms with van der Waals surface area (Å²) in [7, 11) is 4.65. The molecule has 50 heavy (non-hydrogen) atoms. The number of nitrogens with zero attached hydrogens (tertiary/aromatic N) is 1. The van der Waals surface area contributed by atoms with Crippen molar-refractivity contribution >= 4 is 34.2 Å². The Kier molecular flexibility index (Phi) is 10.0. The number of carbonyl (C=O) groups is 2. The molecule has 11 nitrogen and oxygen atoms in total. The highest BCUT2D eigenvalue weighted by Gasteiger charge is 2.29. The van der Waals surface area contributed by atoms with E-state index in [0.717, 1.165) is 40.8 Å². The predicted octanol–water partition coefficient (Wildman–Crippen LogP) is 5.96. The van der Waals surface area contributed by atoms with Gasteiger partial charge in [0.2, 0.25) is 23.0 Å². The molecule has 1 aliphatic rings. The average molecular weight is 676 g/mol. The lowest BCUT2D eigenvalue weighted by Crippen LogP contribution is -2.33. The van der Waals surface area contributed by atoms with Crippen molar-refractivity contribution in [3.63, 3.8) is 0 Å². The molecule has 2 amide bonds. The molecule has 258 valence electrons. The van der Waals surface area contributed by atoms with E-state index < -0.39 is 12.1 Å². The van der Waals surface area contributed by atoms with Gasteiger partial charge in [-0.1, -0.05) is 36.4 Å². The molecule has 0 bridgehead atoms. The van der Waals surface area contributed by atoms with Gasteiger partial charge in [-0.3, -0.25) is 14.4 Å². The highest BCUT2D eigenvalue weighted by Crippen LogP contribution is 2.50. The number of imidazole rings is 1. The number of fused-ring (bicyclic) bond motifs is 4. The first-order chi connectivity index (χ1) is 24.2. The van der Waals surface area contributed by atoms with E-state index in [1.165, 1.54) is 25.7 Å². The lowest BCUT2D eigenvalue weighted by Gasteiger charge is -2.19. The minimum Gasteiger partial charge on any atom is -0.493 e. The fraction of sp³-hybridized carbons (Fsp3) is 0.282. The second-order valence-corrected chi connectivity index (χ2v) is 12.4. The van der Waals surface area contributed by atoms with Gasteiger partial charge in [0.25, 0.3) is 0 Å². The Bertz CT molecular complexity index is 2110. The number of hydrogen-bond acceptors (Lipinski definition) is 8. The van der Waals surface area contributed by atoms with E-state index in [4.69, 9.17) is 19.2 Å². The van der Waals surface area contributed by atoms with Gasteiger partial charge in [-0.05, 0) is 84.8 Å². The van der Waals surface area contributed by atoms with Crippen molar-refractivity contribution in [3.8, 4) is 28.4 Å². The van der Waals surface area contributed by atoms with Gasteiger partial charge in [-0.25, -0.2) is 4.98 Å². The smallest absolute Gasteiger partial charge is 0.246 e. The van der Waals surface area contributed by atoms with Crippen LogP contribution in [0.5, 0.6) is 17.2 Å². The summed E-state index contributed by atoms with van der Waals surface area (Å²) in [5, 5.41) is 9.06. The molecule has 0 aliphatic heterocycles. The summed E-state index contributed by atoms with van der Waals surface area (Å²) in [4.78, 5) is 47.4. The van der Waals surface area contributed by atoms with Crippen molar-refractivity contribution in [3.05, 3.63) is 106 Å². The number of benzene rings is 3. The number of H-pyrrole nitrogens is 1. The number of aryl methyl sites for hydroxylation is 3. The molecule has 0 saturated heterocycles. The quantitative estimate of drug-likeness (QED) is 0.134. The highest BCUT2D eigenvalue weighted by molar-refractivity contribution is 5.97. The Morgan fingerprint density at radius 2 is 1.72 bits per heavy atom. The van der Waals surface area contributed by atoms with Gasteiger partial charge in [-0.15, -0.1) is 0 Å². The van der Waals surface area contributed by atoms with E-state index in [2.05, 4.69) is 33.1 Å². The highest BCUT2D eigenvalue weighted by atomic mass is 16.5. The zero-order valence-electron chi connectivity index (χ0n) is 28.8. The number of methoxy groups -OCH3 is 3. The van der Waals surface area contributed by atoms with Crippen LogP contribution in [-0.4, -0.2) is 49.2 Å². The normalized spacial score (nSPS) is 14.1. The SMILES string of the molecule is COc1cc2c(c(OC)c1OC)-c1ccc(N[C@H](C)C(=O)Nc3ccc4nc(CCc5ccccc5)[nH]c4c3)c(=O)cc1[C@@H](NC(C)=O)CC2. The van der Waals surface area contributed by atoms with E-state index >= 15 is 0 Å². The van der Waals surface area contributed by atoms with Gasteiger partial charge in [0.15, 0.2) is 11.5 Å². The van der Waals surface area contributed by atoms with Crippen molar-refractivity contribution in [1.29, 1.82) is 0 Å². The van der Waals surface area contributed by atoms with Gasteiger partial charge < -0.3 is 35.1 Å². The molecule has 5 aromatic rings. The molecule has 0 unspecified atom stereocenters. The molecular formula is C39H41N5O6. The van der Waals surface area contributed by atoms with Crippen LogP contribution in [0.1, 0.15) is 48.8 Å². The van der Waals surface area contributed by atoms with E-state index in [9.17, 15) is 14.4 Å². The molecule has 1 aliphatic carbocycles. The molecule has 6 rings (SSSR count). The van der Waals surface area contributed by atoms with Gasteiger partial charge in [0, 0.05) is 24.6 Å². The van der Waals surface area contributed by atoms with Gasteiger partial charge in [0.1, 0.15) is 11.9 Å². The fourth-order valence-corrected chi connectivity index (χ4v) is 6.54. The number of nitrogens with one attached hydrogen (secondary N) is 4. The predicted molar refractivity (Wildman–Crippen MR) is 194 cm³/mol. The molecular weight excluding hydrogens is 634 g/mol. The Hall–Kier alpha value is -5.84. The number of carbonyl (C=O) groups excluding carboxylic acids is 2. The van der Waals surface area contributed by atoms with Gasteiger partial charge in [-0.2, -0.15) is 0 Å². The number of aromatic amines is 1. The molecule has 0 fully saturated rings. The summed E-state index contributed by atoms with van der Waals surface area (Å²) >= 11 is 0. The Morgan fingerprint density at radius 1 is 0.940 bits per heavy atom. The second kappa shape index (κ2) is 14.7. The minimum atomic E-state index is -0.763. The topological polar surface area (TPSA) is 144 Å². The van der Waals surface area contributed by atoms with Crippen LogP contribution in [0.3, 0.4) is 0 Å². The van der Waals surface area contributed by atoms with Crippen molar-refractivity contribution in [2.24, 2.45) is 0 Å². The molecule has 0 spiro atoms. The Balaban J connectivity index is 1.26. The second-order valence-electron chi connectivity index (χ2n) is 12.4.